The number of carbonyl (C=O) groups excluding carboxylic acids is 1. The van der Waals surface area contributed by atoms with Gasteiger partial charge in [0.25, 0.3) is 0 Å². The zero-order chi connectivity index (χ0) is 20.3. The van der Waals surface area contributed by atoms with Gasteiger partial charge in [-0.1, -0.05) is 38.1 Å². The summed E-state index contributed by atoms with van der Waals surface area (Å²) in [5.41, 5.74) is 1.67. The maximum atomic E-state index is 12.8. The van der Waals surface area contributed by atoms with Crippen molar-refractivity contribution in [3.8, 4) is 6.07 Å². The molecule has 1 N–H and O–H groups in total. The summed E-state index contributed by atoms with van der Waals surface area (Å²) in [4.78, 5) is 20.3. The third-order valence-electron chi connectivity index (χ3n) is 4.55. The van der Waals surface area contributed by atoms with Crippen LogP contribution in [-0.4, -0.2) is 41.6 Å². The van der Waals surface area contributed by atoms with Crippen LogP contribution in [-0.2, 0) is 10.0 Å². The molecule has 0 unspecified atom stereocenters. The highest BCUT2D eigenvalue weighted by Crippen LogP contribution is 2.23. The van der Waals surface area contributed by atoms with Crippen LogP contribution in [0.4, 0.5) is 0 Å². The monoisotopic (exact) mass is 396 g/mol. The lowest BCUT2D eigenvalue weighted by atomic mass is 9.98. The average Bonchev–Trinajstić information content (AvgIpc) is 3.13. The highest BCUT2D eigenvalue weighted by Gasteiger charge is 2.26. The van der Waals surface area contributed by atoms with Crippen LogP contribution < -0.4 is 0 Å². The number of ketones is 1. The van der Waals surface area contributed by atoms with Crippen LogP contribution in [0.25, 0.3) is 11.0 Å². The molecule has 0 aliphatic heterocycles. The van der Waals surface area contributed by atoms with Gasteiger partial charge in [0.2, 0.25) is 10.0 Å². The number of nitrogens with one attached hydrogen (secondary N) is 1. The first kappa shape index (κ1) is 19.7. The van der Waals surface area contributed by atoms with Crippen molar-refractivity contribution in [1.82, 2.24) is 14.3 Å². The molecule has 8 heteroatoms. The van der Waals surface area contributed by atoms with Gasteiger partial charge in [0.05, 0.1) is 22.0 Å². The SMILES string of the molecule is CCN(CC)S(=O)(=O)c1ccc(C(=O)[C@@H](C#N)c2nc3ccccc3[nH]2)cc1. The van der Waals surface area contributed by atoms with E-state index in [1.54, 1.807) is 19.9 Å². The number of imidazole rings is 1. The summed E-state index contributed by atoms with van der Waals surface area (Å²) in [6.07, 6.45) is 0. The molecule has 0 spiro atoms. The summed E-state index contributed by atoms with van der Waals surface area (Å²) in [7, 11) is -3.60. The Balaban J connectivity index is 1.90. The van der Waals surface area contributed by atoms with Gasteiger partial charge in [0, 0.05) is 18.7 Å². The van der Waals surface area contributed by atoms with Crippen molar-refractivity contribution in [1.29, 1.82) is 5.26 Å². The van der Waals surface area contributed by atoms with Crippen molar-refractivity contribution in [3.05, 3.63) is 59.9 Å². The van der Waals surface area contributed by atoms with Crippen molar-refractivity contribution in [2.24, 2.45) is 0 Å². The summed E-state index contributed by atoms with van der Waals surface area (Å²) in [5, 5.41) is 9.52. The van der Waals surface area contributed by atoms with Crippen LogP contribution in [0.15, 0.2) is 53.4 Å². The number of H-pyrrole nitrogens is 1. The van der Waals surface area contributed by atoms with E-state index in [9.17, 15) is 18.5 Å². The Labute approximate surface area is 163 Å². The van der Waals surface area contributed by atoms with Gasteiger partial charge >= 0.3 is 0 Å². The number of carbonyl (C=O) groups is 1. The van der Waals surface area contributed by atoms with E-state index in [2.05, 4.69) is 9.97 Å². The van der Waals surface area contributed by atoms with Crippen LogP contribution in [0, 0.1) is 11.3 Å². The highest BCUT2D eigenvalue weighted by molar-refractivity contribution is 7.89. The third-order valence-corrected chi connectivity index (χ3v) is 6.62. The molecule has 144 valence electrons. The van der Waals surface area contributed by atoms with Crippen LogP contribution in [0.5, 0.6) is 0 Å². The number of hydrogen-bond donors (Lipinski definition) is 1. The fourth-order valence-electron chi connectivity index (χ4n) is 3.02. The van der Waals surface area contributed by atoms with Gasteiger partial charge in [0.15, 0.2) is 11.7 Å². The van der Waals surface area contributed by atoms with E-state index in [0.29, 0.717) is 18.6 Å². The van der Waals surface area contributed by atoms with Crippen molar-refractivity contribution in [2.75, 3.05) is 13.1 Å². The molecule has 0 amide bonds. The van der Waals surface area contributed by atoms with Gasteiger partial charge < -0.3 is 4.98 Å². The fraction of sp³-hybridized carbons (Fsp3) is 0.250. The van der Waals surface area contributed by atoms with E-state index >= 15 is 0 Å². The topological polar surface area (TPSA) is 107 Å². The number of aromatic nitrogens is 2. The molecule has 1 aromatic heterocycles. The molecular formula is C20H20N4O3S. The van der Waals surface area contributed by atoms with Gasteiger partial charge in [-0.15, -0.1) is 0 Å². The van der Waals surface area contributed by atoms with Gasteiger partial charge in [-0.3, -0.25) is 4.79 Å². The van der Waals surface area contributed by atoms with E-state index in [1.165, 1.54) is 28.6 Å². The molecule has 3 aromatic rings. The Bertz CT molecular complexity index is 1110. The van der Waals surface area contributed by atoms with E-state index in [0.717, 1.165) is 5.52 Å². The Morgan fingerprint density at radius 2 is 1.79 bits per heavy atom. The molecule has 1 heterocycles. The largest absolute Gasteiger partial charge is 0.340 e. The summed E-state index contributed by atoms with van der Waals surface area (Å²) >= 11 is 0. The molecule has 0 saturated heterocycles. The maximum Gasteiger partial charge on any atom is 0.243 e. The summed E-state index contributed by atoms with van der Waals surface area (Å²) in [6.45, 7) is 4.26. The summed E-state index contributed by atoms with van der Waals surface area (Å²) in [5.74, 6) is -1.26. The van der Waals surface area contributed by atoms with Gasteiger partial charge in [-0.25, -0.2) is 13.4 Å². The molecule has 0 aliphatic rings. The zero-order valence-corrected chi connectivity index (χ0v) is 16.4. The molecule has 0 aliphatic carbocycles. The first-order valence-corrected chi connectivity index (χ1v) is 10.3. The molecule has 3 rings (SSSR count). The zero-order valence-electron chi connectivity index (χ0n) is 15.6. The molecule has 0 saturated carbocycles. The lowest BCUT2D eigenvalue weighted by Gasteiger charge is -2.18. The predicted molar refractivity (Wildman–Crippen MR) is 105 cm³/mol. The lowest BCUT2D eigenvalue weighted by molar-refractivity contribution is 0.0976. The Morgan fingerprint density at radius 3 is 2.36 bits per heavy atom. The number of hydrogen-bond acceptors (Lipinski definition) is 5. The standard InChI is InChI=1S/C20H20N4O3S/c1-3-24(4-2)28(26,27)15-11-9-14(10-12-15)19(25)16(13-21)20-22-17-7-5-6-8-18(17)23-20/h5-12,16H,3-4H2,1-2H3,(H,22,23)/t16-/m1/s1. The molecule has 7 nitrogen and oxygen atoms in total. The van der Waals surface area contributed by atoms with Crippen LogP contribution in [0.2, 0.25) is 0 Å². The summed E-state index contributed by atoms with van der Waals surface area (Å²) < 4.78 is 26.5. The van der Waals surface area contributed by atoms with Crippen molar-refractivity contribution < 1.29 is 13.2 Å². The number of nitrogens with zero attached hydrogens (tertiary/aromatic N) is 3. The molecule has 0 fully saturated rings. The van der Waals surface area contributed by atoms with Crippen LogP contribution in [0.3, 0.4) is 0 Å². The minimum atomic E-state index is -3.60. The highest BCUT2D eigenvalue weighted by atomic mass is 32.2. The molecule has 2 aromatic carbocycles. The number of aromatic amines is 1. The average molecular weight is 396 g/mol. The molecular weight excluding hydrogens is 376 g/mol. The third kappa shape index (κ3) is 3.54. The molecule has 0 bridgehead atoms. The number of para-hydroxylation sites is 2. The van der Waals surface area contributed by atoms with Crippen LogP contribution in [0.1, 0.15) is 35.9 Å². The second-order valence-electron chi connectivity index (χ2n) is 6.18. The predicted octanol–water partition coefficient (Wildman–Crippen LogP) is 3.08. The number of fused-ring (bicyclic) bond motifs is 1. The fourth-order valence-corrected chi connectivity index (χ4v) is 4.48. The normalized spacial score (nSPS) is 12.8. The van der Waals surface area contributed by atoms with Crippen molar-refractivity contribution in [3.63, 3.8) is 0 Å². The number of sulfonamides is 1. The second-order valence-corrected chi connectivity index (χ2v) is 8.12. The quantitative estimate of drug-likeness (QED) is 0.618. The first-order chi connectivity index (χ1) is 13.4. The Hall–Kier alpha value is -3.02. The van der Waals surface area contributed by atoms with Gasteiger partial charge in [-0.2, -0.15) is 9.57 Å². The molecule has 0 radical (unpaired) electrons. The maximum absolute atomic E-state index is 12.8. The number of Topliss-reactive ketones (excluding diaryl/α,β-unsaturated/α-hetero) is 1. The van der Waals surface area contributed by atoms with E-state index in [-0.39, 0.29) is 16.3 Å². The van der Waals surface area contributed by atoms with Gasteiger partial charge in [-0.05, 0) is 24.3 Å². The second kappa shape index (κ2) is 7.92. The number of benzene rings is 2. The van der Waals surface area contributed by atoms with Crippen LogP contribution >= 0.6 is 0 Å². The number of rotatable bonds is 7. The van der Waals surface area contributed by atoms with Gasteiger partial charge in [0.1, 0.15) is 5.82 Å². The van der Waals surface area contributed by atoms with E-state index < -0.39 is 21.7 Å². The summed E-state index contributed by atoms with van der Waals surface area (Å²) in [6, 6.07) is 14.9. The number of nitriles is 1. The first-order valence-electron chi connectivity index (χ1n) is 8.91. The minimum Gasteiger partial charge on any atom is -0.340 e. The molecule has 28 heavy (non-hydrogen) atoms. The van der Waals surface area contributed by atoms with Crippen molar-refractivity contribution >= 4 is 26.8 Å². The van der Waals surface area contributed by atoms with Crippen molar-refractivity contribution in [2.45, 2.75) is 24.7 Å². The Morgan fingerprint density at radius 1 is 1.14 bits per heavy atom. The van der Waals surface area contributed by atoms with E-state index in [4.69, 9.17) is 0 Å². The minimum absolute atomic E-state index is 0.116. The lowest BCUT2D eigenvalue weighted by Crippen LogP contribution is -2.30. The van der Waals surface area contributed by atoms with E-state index in [1.807, 2.05) is 24.3 Å². The molecule has 1 atom stereocenters. The smallest absolute Gasteiger partial charge is 0.243 e. The Kier molecular flexibility index (Phi) is 5.58.